The number of anilines is 2. The van der Waals surface area contributed by atoms with Crippen molar-refractivity contribution in [3.05, 3.63) is 57.3 Å². The zero-order valence-corrected chi connectivity index (χ0v) is 12.7. The molecule has 0 atom stereocenters. The van der Waals surface area contributed by atoms with Gasteiger partial charge in [-0.05, 0) is 65.2 Å². The minimum atomic E-state index is -0.361. The molecule has 3 nitrogen and oxygen atoms in total. The summed E-state index contributed by atoms with van der Waals surface area (Å²) < 4.78 is 13.6. The van der Waals surface area contributed by atoms with Crippen LogP contribution in [0.4, 0.5) is 15.8 Å². The summed E-state index contributed by atoms with van der Waals surface area (Å²) in [5.41, 5.74) is 8.95. The monoisotopic (exact) mass is 336 g/mol. The number of carbonyl (C=O) groups excluding carboxylic acids is 1. The second-order valence-corrected chi connectivity index (χ2v) is 5.46. The summed E-state index contributed by atoms with van der Waals surface area (Å²) in [6.45, 7) is 3.60. The molecule has 0 fully saturated rings. The summed E-state index contributed by atoms with van der Waals surface area (Å²) in [6.07, 6.45) is 0. The molecule has 0 aliphatic rings. The van der Waals surface area contributed by atoms with E-state index in [2.05, 4.69) is 21.2 Å². The molecule has 0 saturated heterocycles. The van der Waals surface area contributed by atoms with Crippen LogP contribution in [0.25, 0.3) is 0 Å². The van der Waals surface area contributed by atoms with Crippen LogP contribution >= 0.6 is 15.9 Å². The zero-order chi connectivity index (χ0) is 14.9. The first kappa shape index (κ1) is 14.5. The number of carbonyl (C=O) groups is 1. The molecule has 2 aromatic rings. The molecule has 0 aromatic heterocycles. The maximum atomic E-state index is 13.3. The lowest BCUT2D eigenvalue weighted by molar-refractivity contribution is 0.102. The molecule has 5 heteroatoms. The third-order valence-corrected chi connectivity index (χ3v) is 3.66. The molecular weight excluding hydrogens is 323 g/mol. The number of nitrogens with one attached hydrogen (secondary N) is 1. The maximum absolute atomic E-state index is 13.3. The Morgan fingerprint density at radius 2 is 1.90 bits per heavy atom. The summed E-state index contributed by atoms with van der Waals surface area (Å²) in [4.78, 5) is 12.2. The average molecular weight is 337 g/mol. The molecule has 2 rings (SSSR count). The van der Waals surface area contributed by atoms with E-state index in [0.717, 1.165) is 5.56 Å². The van der Waals surface area contributed by atoms with Gasteiger partial charge in [-0.1, -0.05) is 6.07 Å². The van der Waals surface area contributed by atoms with Gasteiger partial charge in [0.25, 0.3) is 5.91 Å². The van der Waals surface area contributed by atoms with Gasteiger partial charge in [-0.25, -0.2) is 4.39 Å². The van der Waals surface area contributed by atoms with Crippen molar-refractivity contribution in [2.75, 3.05) is 11.1 Å². The highest BCUT2D eigenvalue weighted by Crippen LogP contribution is 2.25. The molecule has 1 amide bonds. The highest BCUT2D eigenvalue weighted by molar-refractivity contribution is 9.10. The summed E-state index contributed by atoms with van der Waals surface area (Å²) in [5.74, 6) is -0.640. The van der Waals surface area contributed by atoms with E-state index >= 15 is 0 Å². The fourth-order valence-electron chi connectivity index (χ4n) is 1.76. The fourth-order valence-corrected chi connectivity index (χ4v) is 2.10. The van der Waals surface area contributed by atoms with E-state index in [1.165, 1.54) is 6.07 Å². The van der Waals surface area contributed by atoms with Crippen molar-refractivity contribution < 1.29 is 9.18 Å². The standard InChI is InChI=1S/C15H14BrFN2O/c1-8-3-4-10(6-13(8)18)15(20)19-14-7-11(16)12(17)5-9(14)2/h3-7H,18H2,1-2H3,(H,19,20). The Hall–Kier alpha value is -1.88. The predicted octanol–water partition coefficient (Wildman–Crippen LogP) is 4.04. The quantitative estimate of drug-likeness (QED) is 0.813. The maximum Gasteiger partial charge on any atom is 0.255 e. The molecule has 3 N–H and O–H groups in total. The van der Waals surface area contributed by atoms with Gasteiger partial charge < -0.3 is 11.1 Å². The number of nitrogen functional groups attached to an aromatic ring is 1. The Kier molecular flexibility index (Phi) is 4.09. The van der Waals surface area contributed by atoms with Gasteiger partial charge in [0.05, 0.1) is 4.47 Å². The third-order valence-electron chi connectivity index (χ3n) is 3.06. The Morgan fingerprint density at radius 1 is 1.20 bits per heavy atom. The van der Waals surface area contributed by atoms with Gasteiger partial charge in [-0.2, -0.15) is 0 Å². The second kappa shape index (κ2) is 5.63. The number of aryl methyl sites for hydroxylation is 2. The summed E-state index contributed by atoms with van der Waals surface area (Å²) >= 11 is 3.10. The zero-order valence-electron chi connectivity index (χ0n) is 11.1. The number of nitrogens with two attached hydrogens (primary N) is 1. The summed E-state index contributed by atoms with van der Waals surface area (Å²) in [6, 6.07) is 8.02. The van der Waals surface area contributed by atoms with Crippen LogP contribution in [0.1, 0.15) is 21.5 Å². The highest BCUT2D eigenvalue weighted by Gasteiger charge is 2.11. The lowest BCUT2D eigenvalue weighted by Crippen LogP contribution is -2.13. The second-order valence-electron chi connectivity index (χ2n) is 4.61. The molecule has 0 aliphatic carbocycles. The average Bonchev–Trinajstić information content (AvgIpc) is 2.39. The summed E-state index contributed by atoms with van der Waals surface area (Å²) in [5, 5.41) is 2.75. The number of benzene rings is 2. The van der Waals surface area contributed by atoms with E-state index in [4.69, 9.17) is 5.73 Å². The Labute approximate surface area is 125 Å². The molecule has 0 radical (unpaired) electrons. The van der Waals surface area contributed by atoms with E-state index in [1.807, 2.05) is 6.92 Å². The number of amides is 1. The van der Waals surface area contributed by atoms with Crippen LogP contribution in [0.2, 0.25) is 0 Å². The van der Waals surface area contributed by atoms with Gasteiger partial charge >= 0.3 is 0 Å². The van der Waals surface area contributed by atoms with Crippen molar-refractivity contribution in [2.24, 2.45) is 0 Å². The Morgan fingerprint density at radius 3 is 2.55 bits per heavy atom. The third kappa shape index (κ3) is 2.99. The number of rotatable bonds is 2. The topological polar surface area (TPSA) is 55.1 Å². The highest BCUT2D eigenvalue weighted by atomic mass is 79.9. The van der Waals surface area contributed by atoms with Crippen molar-refractivity contribution >= 4 is 33.2 Å². The molecule has 0 unspecified atom stereocenters. The first-order valence-corrected chi connectivity index (χ1v) is 6.81. The van der Waals surface area contributed by atoms with Crippen LogP contribution in [-0.4, -0.2) is 5.91 Å². The lowest BCUT2D eigenvalue weighted by Gasteiger charge is -2.10. The van der Waals surface area contributed by atoms with E-state index < -0.39 is 0 Å². The molecule has 0 saturated carbocycles. The first-order chi connectivity index (χ1) is 9.38. The van der Waals surface area contributed by atoms with Gasteiger partial charge in [-0.15, -0.1) is 0 Å². The van der Waals surface area contributed by atoms with E-state index in [9.17, 15) is 9.18 Å². The van der Waals surface area contributed by atoms with Gasteiger partial charge in [0.15, 0.2) is 0 Å². The van der Waals surface area contributed by atoms with Crippen molar-refractivity contribution in [3.63, 3.8) is 0 Å². The van der Waals surface area contributed by atoms with Gasteiger partial charge in [-0.3, -0.25) is 4.79 Å². The van der Waals surface area contributed by atoms with Gasteiger partial charge in [0.2, 0.25) is 0 Å². The molecular formula is C15H14BrFN2O. The predicted molar refractivity (Wildman–Crippen MR) is 82.4 cm³/mol. The van der Waals surface area contributed by atoms with E-state index in [1.54, 1.807) is 31.2 Å². The first-order valence-electron chi connectivity index (χ1n) is 6.01. The molecule has 104 valence electrons. The van der Waals surface area contributed by atoms with Crippen LogP contribution in [0.5, 0.6) is 0 Å². The fraction of sp³-hybridized carbons (Fsp3) is 0.133. The number of halogens is 2. The number of hydrogen-bond acceptors (Lipinski definition) is 2. The van der Waals surface area contributed by atoms with Crippen LogP contribution < -0.4 is 11.1 Å². The van der Waals surface area contributed by atoms with Crippen LogP contribution in [-0.2, 0) is 0 Å². The molecule has 20 heavy (non-hydrogen) atoms. The SMILES string of the molecule is Cc1ccc(C(=O)Nc2cc(Br)c(F)cc2C)cc1N. The molecule has 0 aliphatic heterocycles. The van der Waals surface area contributed by atoms with Crippen LogP contribution in [0.3, 0.4) is 0 Å². The van der Waals surface area contributed by atoms with E-state index in [0.29, 0.717) is 27.0 Å². The lowest BCUT2D eigenvalue weighted by atomic mass is 10.1. The largest absolute Gasteiger partial charge is 0.398 e. The minimum Gasteiger partial charge on any atom is -0.398 e. The van der Waals surface area contributed by atoms with Crippen LogP contribution in [0.15, 0.2) is 34.8 Å². The van der Waals surface area contributed by atoms with Crippen molar-refractivity contribution in [3.8, 4) is 0 Å². The molecule has 0 spiro atoms. The molecule has 0 heterocycles. The smallest absolute Gasteiger partial charge is 0.255 e. The molecule has 2 aromatic carbocycles. The molecule has 0 bridgehead atoms. The van der Waals surface area contributed by atoms with Gasteiger partial charge in [0.1, 0.15) is 5.82 Å². The van der Waals surface area contributed by atoms with E-state index in [-0.39, 0.29) is 11.7 Å². The normalized spacial score (nSPS) is 10.4. The van der Waals surface area contributed by atoms with Crippen molar-refractivity contribution in [2.45, 2.75) is 13.8 Å². The van der Waals surface area contributed by atoms with Gasteiger partial charge in [0, 0.05) is 16.9 Å². The number of hydrogen-bond donors (Lipinski definition) is 2. The van der Waals surface area contributed by atoms with Crippen molar-refractivity contribution in [1.29, 1.82) is 0 Å². The Balaban J connectivity index is 2.27. The van der Waals surface area contributed by atoms with Crippen LogP contribution in [0, 0.1) is 19.7 Å². The Bertz CT molecular complexity index is 686. The van der Waals surface area contributed by atoms with Crippen molar-refractivity contribution in [1.82, 2.24) is 0 Å². The minimum absolute atomic E-state index is 0.279. The summed E-state index contributed by atoms with van der Waals surface area (Å²) in [7, 11) is 0.